The number of ether oxygens (including phenoxy) is 1. The van der Waals surface area contributed by atoms with Crippen LogP contribution in [0.4, 0.5) is 5.69 Å². The van der Waals surface area contributed by atoms with E-state index in [-0.39, 0.29) is 5.91 Å². The topological polar surface area (TPSA) is 81.4 Å². The number of nitrogens with one attached hydrogen (secondary N) is 1. The molecule has 1 atom stereocenters. The summed E-state index contributed by atoms with van der Waals surface area (Å²) in [6.07, 6.45) is 2.54. The van der Waals surface area contributed by atoms with Crippen molar-refractivity contribution in [2.75, 3.05) is 5.32 Å². The molecule has 124 valence electrons. The number of anilines is 1. The van der Waals surface area contributed by atoms with Gasteiger partial charge in [-0.15, -0.1) is 0 Å². The van der Waals surface area contributed by atoms with Crippen LogP contribution in [0, 0.1) is 0 Å². The van der Waals surface area contributed by atoms with E-state index in [1.807, 2.05) is 18.2 Å². The average Bonchev–Trinajstić information content (AvgIpc) is 3.17. The number of aromatic nitrogens is 1. The first-order valence-corrected chi connectivity index (χ1v) is 7.80. The number of oxazole rings is 1. The van der Waals surface area contributed by atoms with Gasteiger partial charge in [-0.25, -0.2) is 9.78 Å². The van der Waals surface area contributed by atoms with Crippen molar-refractivity contribution in [3.8, 4) is 11.5 Å². The molecule has 1 aliphatic heterocycles. The zero-order chi connectivity index (χ0) is 17.2. The Kier molecular flexibility index (Phi) is 3.78. The molecule has 1 amide bonds. The summed E-state index contributed by atoms with van der Waals surface area (Å²) in [6, 6.07) is 14.3. The number of cyclic esters (lactones) is 1. The van der Waals surface area contributed by atoms with Crippen molar-refractivity contribution in [3.63, 3.8) is 0 Å². The van der Waals surface area contributed by atoms with E-state index in [2.05, 4.69) is 10.3 Å². The molecule has 1 N–H and O–H groups in total. The Balaban J connectivity index is 1.52. The van der Waals surface area contributed by atoms with Crippen molar-refractivity contribution in [2.24, 2.45) is 0 Å². The predicted octanol–water partition coefficient (Wildman–Crippen LogP) is 3.06. The van der Waals surface area contributed by atoms with E-state index >= 15 is 0 Å². The summed E-state index contributed by atoms with van der Waals surface area (Å²) in [4.78, 5) is 28.6. The minimum Gasteiger partial charge on any atom is -0.448 e. The van der Waals surface area contributed by atoms with Gasteiger partial charge in [0.25, 0.3) is 5.91 Å². The van der Waals surface area contributed by atoms with Gasteiger partial charge >= 0.3 is 5.97 Å². The second kappa shape index (κ2) is 6.24. The number of esters is 1. The molecule has 0 unspecified atom stereocenters. The van der Waals surface area contributed by atoms with Gasteiger partial charge in [0.2, 0.25) is 5.89 Å². The minimum absolute atomic E-state index is 0.354. The van der Waals surface area contributed by atoms with Crippen LogP contribution in [0.5, 0.6) is 0 Å². The second-order valence-electron chi connectivity index (χ2n) is 5.66. The molecule has 4 rings (SSSR count). The highest BCUT2D eigenvalue weighted by atomic mass is 16.5. The van der Waals surface area contributed by atoms with Crippen LogP contribution in [-0.2, 0) is 16.0 Å². The van der Waals surface area contributed by atoms with E-state index in [1.165, 1.54) is 6.26 Å². The molecule has 0 fully saturated rings. The molecule has 3 aromatic rings. The van der Waals surface area contributed by atoms with Gasteiger partial charge in [0.1, 0.15) is 6.26 Å². The van der Waals surface area contributed by atoms with Crippen LogP contribution in [0.1, 0.15) is 15.9 Å². The number of nitrogens with zero attached hydrogens (tertiary/aromatic N) is 1. The molecule has 2 heterocycles. The summed E-state index contributed by atoms with van der Waals surface area (Å²) >= 11 is 0. The highest BCUT2D eigenvalue weighted by Gasteiger charge is 2.31. The molecule has 6 nitrogen and oxygen atoms in total. The van der Waals surface area contributed by atoms with Crippen molar-refractivity contribution in [2.45, 2.75) is 12.5 Å². The lowest BCUT2D eigenvalue weighted by Crippen LogP contribution is -2.37. The number of hydrogen-bond donors (Lipinski definition) is 1. The molecular weight excluding hydrogens is 320 g/mol. The molecule has 1 aliphatic rings. The number of carbonyl (C=O) groups is 2. The quantitative estimate of drug-likeness (QED) is 0.745. The Bertz CT molecular complexity index is 934. The Hall–Kier alpha value is -3.41. The van der Waals surface area contributed by atoms with E-state index < -0.39 is 12.1 Å². The number of carbonyl (C=O) groups excluding carboxylic acids is 2. The summed E-state index contributed by atoms with van der Waals surface area (Å²) in [5.74, 6) is -0.378. The van der Waals surface area contributed by atoms with Gasteiger partial charge in [-0.05, 0) is 29.8 Å². The average molecular weight is 334 g/mol. The van der Waals surface area contributed by atoms with E-state index in [9.17, 15) is 9.59 Å². The maximum atomic E-state index is 12.5. The van der Waals surface area contributed by atoms with Gasteiger partial charge in [0.15, 0.2) is 6.10 Å². The summed E-state index contributed by atoms with van der Waals surface area (Å²) < 4.78 is 10.5. The molecule has 0 saturated carbocycles. The smallest absolute Gasteiger partial charge is 0.339 e. The fourth-order valence-electron chi connectivity index (χ4n) is 2.80. The van der Waals surface area contributed by atoms with Crippen molar-refractivity contribution in [1.29, 1.82) is 0 Å². The lowest BCUT2D eigenvalue weighted by Gasteiger charge is -2.23. The van der Waals surface area contributed by atoms with Crippen LogP contribution in [0.2, 0.25) is 0 Å². The molecule has 6 heteroatoms. The molecule has 0 spiro atoms. The van der Waals surface area contributed by atoms with Gasteiger partial charge in [-0.3, -0.25) is 4.79 Å². The molecule has 1 aromatic heterocycles. The zero-order valence-electron chi connectivity index (χ0n) is 13.1. The van der Waals surface area contributed by atoms with E-state index in [1.54, 1.807) is 36.5 Å². The van der Waals surface area contributed by atoms with E-state index in [4.69, 9.17) is 9.15 Å². The van der Waals surface area contributed by atoms with Crippen molar-refractivity contribution in [3.05, 3.63) is 72.1 Å². The summed E-state index contributed by atoms with van der Waals surface area (Å²) in [7, 11) is 0. The van der Waals surface area contributed by atoms with Crippen molar-refractivity contribution in [1.82, 2.24) is 4.98 Å². The molecular formula is C19H14N2O4. The highest BCUT2D eigenvalue weighted by Crippen LogP contribution is 2.23. The van der Waals surface area contributed by atoms with Gasteiger partial charge in [0, 0.05) is 17.7 Å². The SMILES string of the molecule is O=C1O[C@H](C(=O)Nc2cccc(-c3ncco3)c2)Cc2ccccc21. The maximum absolute atomic E-state index is 12.5. The summed E-state index contributed by atoms with van der Waals surface area (Å²) in [5.41, 5.74) is 2.65. The second-order valence-corrected chi connectivity index (χ2v) is 5.66. The molecule has 0 radical (unpaired) electrons. The van der Waals surface area contributed by atoms with Crippen LogP contribution in [-0.4, -0.2) is 23.0 Å². The van der Waals surface area contributed by atoms with Crippen LogP contribution < -0.4 is 5.32 Å². The number of benzene rings is 2. The first-order valence-electron chi connectivity index (χ1n) is 7.80. The van der Waals surface area contributed by atoms with Crippen LogP contribution in [0.3, 0.4) is 0 Å². The highest BCUT2D eigenvalue weighted by molar-refractivity contribution is 6.00. The number of hydrogen-bond acceptors (Lipinski definition) is 5. The number of amides is 1. The van der Waals surface area contributed by atoms with Crippen molar-refractivity contribution >= 4 is 17.6 Å². The van der Waals surface area contributed by atoms with Crippen molar-refractivity contribution < 1.29 is 18.7 Å². The first kappa shape index (κ1) is 15.1. The minimum atomic E-state index is -0.854. The summed E-state index contributed by atoms with van der Waals surface area (Å²) in [5, 5.41) is 2.78. The van der Waals surface area contributed by atoms with E-state index in [0.29, 0.717) is 23.6 Å². The normalized spacial score (nSPS) is 16.0. The van der Waals surface area contributed by atoms with Gasteiger partial charge in [-0.1, -0.05) is 24.3 Å². The fourth-order valence-corrected chi connectivity index (χ4v) is 2.80. The Morgan fingerprint density at radius 1 is 1.16 bits per heavy atom. The Morgan fingerprint density at radius 3 is 2.88 bits per heavy atom. The molecule has 0 aliphatic carbocycles. The molecule has 0 bridgehead atoms. The molecule has 0 saturated heterocycles. The van der Waals surface area contributed by atoms with Gasteiger partial charge in [-0.2, -0.15) is 0 Å². The standard InChI is InChI=1S/C19H14N2O4/c22-17(16-11-12-4-1-2-7-15(12)19(23)25-16)21-14-6-3-5-13(10-14)18-20-8-9-24-18/h1-10,16H,11H2,(H,21,22)/t16-/m0/s1. The van der Waals surface area contributed by atoms with Gasteiger partial charge < -0.3 is 14.5 Å². The third-order valence-electron chi connectivity index (χ3n) is 3.99. The zero-order valence-corrected chi connectivity index (χ0v) is 13.1. The third kappa shape index (κ3) is 3.01. The number of fused-ring (bicyclic) bond motifs is 1. The molecule has 2 aromatic carbocycles. The monoisotopic (exact) mass is 334 g/mol. The molecule has 25 heavy (non-hydrogen) atoms. The fraction of sp³-hybridized carbons (Fsp3) is 0.105. The first-order chi connectivity index (χ1) is 12.2. The lowest BCUT2D eigenvalue weighted by molar-refractivity contribution is -0.125. The summed E-state index contributed by atoms with van der Waals surface area (Å²) in [6.45, 7) is 0. The van der Waals surface area contributed by atoms with Crippen LogP contribution in [0.15, 0.2) is 65.4 Å². The van der Waals surface area contributed by atoms with Crippen LogP contribution >= 0.6 is 0 Å². The number of rotatable bonds is 3. The Morgan fingerprint density at radius 2 is 2.04 bits per heavy atom. The maximum Gasteiger partial charge on any atom is 0.339 e. The third-order valence-corrected chi connectivity index (χ3v) is 3.99. The van der Waals surface area contributed by atoms with Crippen LogP contribution in [0.25, 0.3) is 11.5 Å². The van der Waals surface area contributed by atoms with E-state index in [0.717, 1.165) is 11.1 Å². The lowest BCUT2D eigenvalue weighted by atomic mass is 9.98. The van der Waals surface area contributed by atoms with Gasteiger partial charge in [0.05, 0.1) is 11.8 Å². The largest absolute Gasteiger partial charge is 0.448 e. The Labute approximate surface area is 143 Å². The predicted molar refractivity (Wildman–Crippen MR) is 89.9 cm³/mol.